The van der Waals surface area contributed by atoms with Crippen LogP contribution in [0.3, 0.4) is 0 Å². The van der Waals surface area contributed by atoms with E-state index in [0.717, 1.165) is 43.2 Å². The Kier molecular flexibility index (Phi) is 12.0. The molecule has 36 heavy (non-hydrogen) atoms. The topological polar surface area (TPSA) is 9.23 Å². The van der Waals surface area contributed by atoms with Gasteiger partial charge in [-0.15, -0.1) is 0 Å². The van der Waals surface area contributed by atoms with Crippen molar-refractivity contribution < 1.29 is 13.5 Å². The molecule has 0 amide bonds. The zero-order valence-electron chi connectivity index (χ0n) is 22.1. The normalized spacial score (nSPS) is 11.1. The van der Waals surface area contributed by atoms with Gasteiger partial charge in [0.2, 0.25) is 5.82 Å². The van der Waals surface area contributed by atoms with E-state index in [-0.39, 0.29) is 11.3 Å². The smallest absolute Gasteiger partial charge is 0.201 e. The second kappa shape index (κ2) is 15.4. The van der Waals surface area contributed by atoms with E-state index in [9.17, 15) is 0 Å². The third-order valence-electron chi connectivity index (χ3n) is 6.83. The first-order chi connectivity index (χ1) is 17.7. The van der Waals surface area contributed by atoms with Crippen LogP contribution < -0.4 is 4.74 Å². The van der Waals surface area contributed by atoms with Crippen LogP contribution in [-0.2, 0) is 6.42 Å². The summed E-state index contributed by atoms with van der Waals surface area (Å²) in [6.07, 6.45) is 13.8. The van der Waals surface area contributed by atoms with Gasteiger partial charge in [0, 0.05) is 5.56 Å². The lowest BCUT2D eigenvalue weighted by Crippen LogP contribution is -2.02. The average Bonchev–Trinajstić information content (AvgIpc) is 2.91. The molecule has 0 aliphatic heterocycles. The number of hydrogen-bond acceptors (Lipinski definition) is 1. The fourth-order valence-electron chi connectivity index (χ4n) is 4.69. The van der Waals surface area contributed by atoms with Crippen LogP contribution in [0, 0.1) is 11.6 Å². The van der Waals surface area contributed by atoms with Gasteiger partial charge in [-0.3, -0.25) is 0 Å². The minimum Gasteiger partial charge on any atom is -0.490 e. The highest BCUT2D eigenvalue weighted by Gasteiger charge is 2.19. The Morgan fingerprint density at radius 3 is 1.94 bits per heavy atom. The molecule has 0 N–H and O–H groups in total. The standard InChI is InChI=1S/C33H42F2O/c1-3-5-7-9-11-16-24-36-31-23-22-29(32(34)33(31)35)28-21-20-26(17-13-10-8-6-4-2)25-30(28)27-18-14-12-15-19-27/h12,14-15,18-23,25H,3-11,13,16-17,24H2,1-2H3. The third kappa shape index (κ3) is 8.18. The molecule has 0 saturated carbocycles. The highest BCUT2D eigenvalue weighted by Crippen LogP contribution is 2.37. The van der Waals surface area contributed by atoms with Crippen LogP contribution in [0.2, 0.25) is 0 Å². The first-order valence-electron chi connectivity index (χ1n) is 13.9. The molecule has 0 atom stereocenters. The molecular weight excluding hydrogens is 450 g/mol. The summed E-state index contributed by atoms with van der Waals surface area (Å²) in [5.74, 6) is -1.76. The molecule has 0 aliphatic carbocycles. The molecule has 3 aromatic carbocycles. The third-order valence-corrected chi connectivity index (χ3v) is 6.83. The largest absolute Gasteiger partial charge is 0.490 e. The number of halogens is 2. The number of benzene rings is 3. The minimum absolute atomic E-state index is 0.00484. The Hall–Kier alpha value is -2.68. The van der Waals surface area contributed by atoms with Crippen molar-refractivity contribution in [2.75, 3.05) is 6.61 Å². The van der Waals surface area contributed by atoms with E-state index in [1.807, 2.05) is 36.4 Å². The molecule has 0 radical (unpaired) electrons. The Labute approximate surface area is 216 Å². The van der Waals surface area contributed by atoms with Crippen molar-refractivity contribution in [2.24, 2.45) is 0 Å². The van der Waals surface area contributed by atoms with Crippen LogP contribution in [0.15, 0.2) is 60.7 Å². The molecule has 0 aliphatic rings. The molecule has 0 aromatic heterocycles. The minimum atomic E-state index is -0.905. The maximum atomic E-state index is 15.3. The van der Waals surface area contributed by atoms with Crippen LogP contribution in [0.25, 0.3) is 22.3 Å². The summed E-state index contributed by atoms with van der Waals surface area (Å²) in [4.78, 5) is 0. The van der Waals surface area contributed by atoms with Crippen LogP contribution in [0.4, 0.5) is 8.78 Å². The summed E-state index contributed by atoms with van der Waals surface area (Å²) in [6, 6.07) is 19.3. The lowest BCUT2D eigenvalue weighted by Gasteiger charge is -2.15. The molecule has 0 saturated heterocycles. The molecule has 194 valence electrons. The summed E-state index contributed by atoms with van der Waals surface area (Å²) in [5, 5.41) is 0. The zero-order chi connectivity index (χ0) is 25.6. The van der Waals surface area contributed by atoms with E-state index in [0.29, 0.717) is 12.2 Å². The molecule has 0 unspecified atom stereocenters. The van der Waals surface area contributed by atoms with Crippen LogP contribution in [-0.4, -0.2) is 6.61 Å². The molecule has 0 bridgehead atoms. The Morgan fingerprint density at radius 2 is 1.22 bits per heavy atom. The first-order valence-corrected chi connectivity index (χ1v) is 13.9. The quantitative estimate of drug-likeness (QED) is 0.181. The number of hydrogen-bond donors (Lipinski definition) is 0. The fourth-order valence-corrected chi connectivity index (χ4v) is 4.69. The lowest BCUT2D eigenvalue weighted by molar-refractivity contribution is 0.285. The van der Waals surface area contributed by atoms with E-state index in [2.05, 4.69) is 26.0 Å². The van der Waals surface area contributed by atoms with Gasteiger partial charge in [-0.25, -0.2) is 4.39 Å². The molecular formula is C33H42F2O. The maximum Gasteiger partial charge on any atom is 0.201 e. The van der Waals surface area contributed by atoms with E-state index in [1.54, 1.807) is 12.1 Å². The zero-order valence-corrected chi connectivity index (χ0v) is 22.1. The highest BCUT2D eigenvalue weighted by atomic mass is 19.2. The molecule has 0 heterocycles. The molecule has 0 fully saturated rings. The lowest BCUT2D eigenvalue weighted by atomic mass is 9.91. The van der Waals surface area contributed by atoms with Gasteiger partial charge in [0.25, 0.3) is 0 Å². The molecule has 3 rings (SSSR count). The number of ether oxygens (including phenoxy) is 1. The molecule has 0 spiro atoms. The summed E-state index contributed by atoms with van der Waals surface area (Å²) in [5.41, 5.74) is 4.14. The Morgan fingerprint density at radius 1 is 0.583 bits per heavy atom. The number of unbranched alkanes of at least 4 members (excludes halogenated alkanes) is 9. The van der Waals surface area contributed by atoms with Crippen molar-refractivity contribution >= 4 is 0 Å². The average molecular weight is 493 g/mol. The highest BCUT2D eigenvalue weighted by molar-refractivity contribution is 5.84. The van der Waals surface area contributed by atoms with E-state index in [1.165, 1.54) is 50.5 Å². The van der Waals surface area contributed by atoms with Gasteiger partial charge in [0.15, 0.2) is 11.6 Å². The fraction of sp³-hybridized carbons (Fsp3) is 0.455. The summed E-state index contributed by atoms with van der Waals surface area (Å²) < 4.78 is 35.9. The van der Waals surface area contributed by atoms with Crippen molar-refractivity contribution in [3.05, 3.63) is 77.9 Å². The van der Waals surface area contributed by atoms with Gasteiger partial charge in [-0.2, -0.15) is 4.39 Å². The predicted octanol–water partition coefficient (Wildman–Crippen LogP) is 10.6. The van der Waals surface area contributed by atoms with E-state index in [4.69, 9.17) is 4.74 Å². The maximum absolute atomic E-state index is 15.3. The molecule has 3 aromatic rings. The van der Waals surface area contributed by atoms with Gasteiger partial charge < -0.3 is 4.74 Å². The predicted molar refractivity (Wildman–Crippen MR) is 149 cm³/mol. The second-order valence-corrected chi connectivity index (χ2v) is 9.77. The van der Waals surface area contributed by atoms with Crippen molar-refractivity contribution in [1.29, 1.82) is 0 Å². The van der Waals surface area contributed by atoms with Gasteiger partial charge in [-0.1, -0.05) is 120 Å². The summed E-state index contributed by atoms with van der Waals surface area (Å²) in [6.45, 7) is 4.82. The van der Waals surface area contributed by atoms with E-state index >= 15 is 8.78 Å². The molecule has 3 heteroatoms. The van der Waals surface area contributed by atoms with Crippen molar-refractivity contribution in [3.63, 3.8) is 0 Å². The van der Waals surface area contributed by atoms with Crippen molar-refractivity contribution in [1.82, 2.24) is 0 Å². The molecule has 1 nitrogen and oxygen atoms in total. The van der Waals surface area contributed by atoms with E-state index < -0.39 is 11.6 Å². The summed E-state index contributed by atoms with van der Waals surface area (Å²) in [7, 11) is 0. The second-order valence-electron chi connectivity index (χ2n) is 9.77. The van der Waals surface area contributed by atoms with Crippen LogP contribution >= 0.6 is 0 Å². The van der Waals surface area contributed by atoms with Gasteiger partial charge >= 0.3 is 0 Å². The van der Waals surface area contributed by atoms with Gasteiger partial charge in [-0.05, 0) is 53.6 Å². The number of rotatable bonds is 16. The Balaban J connectivity index is 1.77. The SMILES string of the molecule is CCCCCCCCOc1ccc(-c2ccc(CCCCCCC)cc2-c2ccccc2)c(F)c1F. The van der Waals surface area contributed by atoms with Crippen molar-refractivity contribution in [2.45, 2.75) is 90.9 Å². The Bertz CT molecular complexity index is 1050. The first kappa shape index (κ1) is 27.9. The summed E-state index contributed by atoms with van der Waals surface area (Å²) >= 11 is 0. The number of aryl methyl sites for hydroxylation is 1. The van der Waals surface area contributed by atoms with Crippen molar-refractivity contribution in [3.8, 4) is 28.0 Å². The van der Waals surface area contributed by atoms with Gasteiger partial charge in [0.05, 0.1) is 6.61 Å². The van der Waals surface area contributed by atoms with Crippen LogP contribution in [0.1, 0.15) is 90.0 Å². The monoisotopic (exact) mass is 492 g/mol. The van der Waals surface area contributed by atoms with Gasteiger partial charge in [0.1, 0.15) is 0 Å². The van der Waals surface area contributed by atoms with Crippen LogP contribution in [0.5, 0.6) is 5.75 Å².